The summed E-state index contributed by atoms with van der Waals surface area (Å²) in [6, 6.07) is 18.7. The van der Waals surface area contributed by atoms with Crippen molar-refractivity contribution in [3.8, 4) is 0 Å². The predicted octanol–water partition coefficient (Wildman–Crippen LogP) is 5.52. The summed E-state index contributed by atoms with van der Waals surface area (Å²) in [6.07, 6.45) is 5.84. The van der Waals surface area contributed by atoms with E-state index in [1.165, 1.54) is 17.5 Å². The van der Waals surface area contributed by atoms with Crippen LogP contribution in [0.15, 0.2) is 66.7 Å². The monoisotopic (exact) mass is 342 g/mol. The van der Waals surface area contributed by atoms with Gasteiger partial charge in [0.05, 0.1) is 5.41 Å². The van der Waals surface area contributed by atoms with Gasteiger partial charge in [0.1, 0.15) is 0 Å². The first-order valence-electron chi connectivity index (χ1n) is 9.31. The van der Waals surface area contributed by atoms with E-state index < -0.39 is 5.41 Å². The van der Waals surface area contributed by atoms with Gasteiger partial charge in [0.2, 0.25) is 0 Å². The van der Waals surface area contributed by atoms with Crippen LogP contribution in [0.2, 0.25) is 0 Å². The maximum atomic E-state index is 13.0. The molecule has 0 heterocycles. The van der Waals surface area contributed by atoms with Gasteiger partial charge in [-0.15, -0.1) is 0 Å². The second-order valence-corrected chi connectivity index (χ2v) is 7.25. The Morgan fingerprint density at radius 3 is 2.38 bits per heavy atom. The molecule has 0 aliphatic heterocycles. The van der Waals surface area contributed by atoms with E-state index in [0.29, 0.717) is 6.42 Å². The zero-order valence-corrected chi connectivity index (χ0v) is 15.0. The van der Waals surface area contributed by atoms with Crippen LogP contribution in [0.5, 0.6) is 0 Å². The molecule has 1 aliphatic carbocycles. The Hall–Kier alpha value is -2.74. The summed E-state index contributed by atoms with van der Waals surface area (Å²) in [4.78, 5) is 25.3. The summed E-state index contributed by atoms with van der Waals surface area (Å²) in [5.74, 6) is 0.102. The van der Waals surface area contributed by atoms with Crippen LogP contribution in [0.4, 0.5) is 0 Å². The summed E-state index contributed by atoms with van der Waals surface area (Å²) >= 11 is 0. The van der Waals surface area contributed by atoms with Gasteiger partial charge in [0.15, 0.2) is 11.6 Å². The SMILES string of the molecule is CCCCC1(c2cccc3cc4ccccc4cc23)CC(=O)C=CC1=O. The standard InChI is InChI=1S/C24H22O2/c1-2-3-13-24(16-20(25)11-12-23(24)26)22-10-6-9-19-14-17-7-4-5-8-18(17)15-21(19)22/h4-12,14-15H,2-3,13,16H2,1H3. The summed E-state index contributed by atoms with van der Waals surface area (Å²) < 4.78 is 0. The van der Waals surface area contributed by atoms with Crippen LogP contribution in [-0.4, -0.2) is 11.6 Å². The smallest absolute Gasteiger partial charge is 0.166 e. The second-order valence-electron chi connectivity index (χ2n) is 7.25. The third kappa shape index (κ3) is 2.66. The molecule has 0 fully saturated rings. The molecule has 0 saturated carbocycles. The van der Waals surface area contributed by atoms with Crippen LogP contribution in [0.25, 0.3) is 21.5 Å². The third-order valence-electron chi connectivity index (χ3n) is 5.59. The number of rotatable bonds is 4. The molecule has 2 nitrogen and oxygen atoms in total. The number of hydrogen-bond acceptors (Lipinski definition) is 2. The van der Waals surface area contributed by atoms with Crippen molar-refractivity contribution in [2.24, 2.45) is 0 Å². The Morgan fingerprint density at radius 2 is 1.62 bits per heavy atom. The van der Waals surface area contributed by atoms with Crippen molar-refractivity contribution < 1.29 is 9.59 Å². The molecule has 2 heteroatoms. The number of allylic oxidation sites excluding steroid dienone is 2. The molecule has 0 spiro atoms. The number of benzene rings is 3. The molecule has 1 unspecified atom stereocenters. The van der Waals surface area contributed by atoms with Crippen molar-refractivity contribution in [2.45, 2.75) is 38.0 Å². The van der Waals surface area contributed by atoms with Crippen molar-refractivity contribution >= 4 is 33.1 Å². The van der Waals surface area contributed by atoms with Crippen LogP contribution in [-0.2, 0) is 15.0 Å². The van der Waals surface area contributed by atoms with E-state index in [1.807, 2.05) is 24.3 Å². The summed E-state index contributed by atoms with van der Waals surface area (Å²) in [5.41, 5.74) is 0.265. The predicted molar refractivity (Wildman–Crippen MR) is 106 cm³/mol. The lowest BCUT2D eigenvalue weighted by atomic mass is 9.66. The van der Waals surface area contributed by atoms with Gasteiger partial charge < -0.3 is 0 Å². The van der Waals surface area contributed by atoms with Gasteiger partial charge in [-0.25, -0.2) is 0 Å². The highest BCUT2D eigenvalue weighted by Crippen LogP contribution is 2.41. The maximum absolute atomic E-state index is 13.0. The molecule has 0 bridgehead atoms. The van der Waals surface area contributed by atoms with E-state index in [0.717, 1.165) is 34.6 Å². The first-order chi connectivity index (χ1) is 12.6. The Bertz CT molecular complexity index is 1040. The van der Waals surface area contributed by atoms with E-state index in [9.17, 15) is 9.59 Å². The molecule has 4 rings (SSSR count). The third-order valence-corrected chi connectivity index (χ3v) is 5.59. The number of unbranched alkanes of at least 4 members (excludes halogenated alkanes) is 1. The van der Waals surface area contributed by atoms with Crippen molar-refractivity contribution in [3.63, 3.8) is 0 Å². The van der Waals surface area contributed by atoms with Gasteiger partial charge in [0, 0.05) is 6.42 Å². The van der Waals surface area contributed by atoms with Gasteiger partial charge in [0.25, 0.3) is 0 Å². The van der Waals surface area contributed by atoms with Gasteiger partial charge >= 0.3 is 0 Å². The highest BCUT2D eigenvalue weighted by atomic mass is 16.1. The first-order valence-corrected chi connectivity index (χ1v) is 9.31. The zero-order chi connectivity index (χ0) is 18.1. The van der Waals surface area contributed by atoms with Crippen LogP contribution in [0.3, 0.4) is 0 Å². The lowest BCUT2D eigenvalue weighted by molar-refractivity contribution is -0.126. The molecule has 3 aromatic rings. The second kappa shape index (κ2) is 6.53. The molecule has 1 aliphatic rings. The Morgan fingerprint density at radius 1 is 0.885 bits per heavy atom. The first kappa shape index (κ1) is 16.7. The molecule has 0 N–H and O–H groups in total. The van der Waals surface area contributed by atoms with E-state index >= 15 is 0 Å². The van der Waals surface area contributed by atoms with Crippen LogP contribution >= 0.6 is 0 Å². The minimum absolute atomic E-state index is 0.0403. The largest absolute Gasteiger partial charge is 0.295 e. The molecule has 130 valence electrons. The fourth-order valence-electron chi connectivity index (χ4n) is 4.21. The fourth-order valence-corrected chi connectivity index (χ4v) is 4.21. The Kier molecular flexibility index (Phi) is 4.20. The van der Waals surface area contributed by atoms with Gasteiger partial charge in [-0.1, -0.05) is 62.2 Å². The van der Waals surface area contributed by atoms with Crippen LogP contribution in [0.1, 0.15) is 38.2 Å². The molecular formula is C24H22O2. The molecule has 0 saturated heterocycles. The summed E-state index contributed by atoms with van der Waals surface area (Å²) in [6.45, 7) is 2.12. The van der Waals surface area contributed by atoms with Crippen LogP contribution in [0, 0.1) is 0 Å². The minimum Gasteiger partial charge on any atom is -0.295 e. The highest BCUT2D eigenvalue weighted by molar-refractivity contribution is 6.13. The lowest BCUT2D eigenvalue weighted by Crippen LogP contribution is -2.39. The number of carbonyl (C=O) groups is 2. The quantitative estimate of drug-likeness (QED) is 0.585. The van der Waals surface area contributed by atoms with Crippen molar-refractivity contribution in [3.05, 3.63) is 72.3 Å². The van der Waals surface area contributed by atoms with E-state index in [4.69, 9.17) is 0 Å². The van der Waals surface area contributed by atoms with Gasteiger partial charge in [-0.3, -0.25) is 9.59 Å². The maximum Gasteiger partial charge on any atom is 0.166 e. The van der Waals surface area contributed by atoms with Gasteiger partial charge in [-0.2, -0.15) is 0 Å². The number of carbonyl (C=O) groups excluding carboxylic acids is 2. The molecule has 1 atom stereocenters. The number of fused-ring (bicyclic) bond motifs is 2. The average Bonchev–Trinajstić information content (AvgIpc) is 2.66. The van der Waals surface area contributed by atoms with E-state index in [-0.39, 0.29) is 18.0 Å². The average molecular weight is 342 g/mol. The molecule has 0 aromatic heterocycles. The van der Waals surface area contributed by atoms with Gasteiger partial charge in [-0.05, 0) is 57.8 Å². The van der Waals surface area contributed by atoms with E-state index in [2.05, 4.69) is 37.3 Å². The molecule has 0 radical (unpaired) electrons. The molecule has 26 heavy (non-hydrogen) atoms. The lowest BCUT2D eigenvalue weighted by Gasteiger charge is -2.34. The number of hydrogen-bond donors (Lipinski definition) is 0. The van der Waals surface area contributed by atoms with Crippen molar-refractivity contribution in [2.75, 3.05) is 0 Å². The Balaban J connectivity index is 2.00. The minimum atomic E-state index is -0.732. The van der Waals surface area contributed by atoms with Crippen molar-refractivity contribution in [1.82, 2.24) is 0 Å². The zero-order valence-electron chi connectivity index (χ0n) is 15.0. The van der Waals surface area contributed by atoms with E-state index in [1.54, 1.807) is 0 Å². The normalized spacial score (nSPS) is 20.2. The Labute approximate surface area is 153 Å². The summed E-state index contributed by atoms with van der Waals surface area (Å²) in [5, 5.41) is 4.54. The molecule has 3 aromatic carbocycles. The fraction of sp³-hybridized carbons (Fsp3) is 0.250. The molecule has 0 amide bonds. The molecular weight excluding hydrogens is 320 g/mol. The summed E-state index contributed by atoms with van der Waals surface area (Å²) in [7, 11) is 0. The van der Waals surface area contributed by atoms with Crippen LogP contribution < -0.4 is 0 Å². The highest BCUT2D eigenvalue weighted by Gasteiger charge is 2.42. The van der Waals surface area contributed by atoms with Crippen molar-refractivity contribution in [1.29, 1.82) is 0 Å². The number of ketones is 2. The topological polar surface area (TPSA) is 34.1 Å².